The van der Waals surface area contributed by atoms with Gasteiger partial charge in [0.1, 0.15) is 0 Å². The van der Waals surface area contributed by atoms with E-state index in [1.54, 1.807) is 6.08 Å². The Balaban J connectivity index is 2.51. The molecule has 0 aliphatic carbocycles. The SMILES string of the molecule is CC(C)(C)C(=O)/C=C/Cc1ccccc1. The highest BCUT2D eigenvalue weighted by atomic mass is 16.1. The number of rotatable bonds is 3. The van der Waals surface area contributed by atoms with Crippen LogP contribution in [0.4, 0.5) is 0 Å². The first-order valence-electron chi connectivity index (χ1n) is 5.25. The molecule has 15 heavy (non-hydrogen) atoms. The third kappa shape index (κ3) is 4.11. The number of carbonyl (C=O) groups is 1. The van der Waals surface area contributed by atoms with Crippen LogP contribution in [0.5, 0.6) is 0 Å². The van der Waals surface area contributed by atoms with Crippen LogP contribution in [0.1, 0.15) is 26.3 Å². The van der Waals surface area contributed by atoms with Crippen LogP contribution in [0.15, 0.2) is 42.5 Å². The molecule has 0 atom stereocenters. The van der Waals surface area contributed by atoms with Gasteiger partial charge in [-0.2, -0.15) is 0 Å². The molecule has 1 rings (SSSR count). The van der Waals surface area contributed by atoms with Gasteiger partial charge in [-0.1, -0.05) is 57.2 Å². The van der Waals surface area contributed by atoms with Gasteiger partial charge in [-0.25, -0.2) is 0 Å². The van der Waals surface area contributed by atoms with Crippen molar-refractivity contribution in [3.63, 3.8) is 0 Å². The minimum Gasteiger partial charge on any atom is -0.294 e. The summed E-state index contributed by atoms with van der Waals surface area (Å²) in [4.78, 5) is 11.6. The molecule has 0 aromatic heterocycles. The molecule has 0 aliphatic heterocycles. The third-order valence-electron chi connectivity index (χ3n) is 2.20. The second-order valence-electron chi connectivity index (χ2n) is 4.71. The van der Waals surface area contributed by atoms with Gasteiger partial charge in [0.05, 0.1) is 0 Å². The highest BCUT2D eigenvalue weighted by molar-refractivity contribution is 5.93. The average molecular weight is 202 g/mol. The van der Waals surface area contributed by atoms with E-state index in [1.807, 2.05) is 45.0 Å². The van der Waals surface area contributed by atoms with Gasteiger partial charge < -0.3 is 0 Å². The Morgan fingerprint density at radius 1 is 1.20 bits per heavy atom. The standard InChI is InChI=1S/C14H18O/c1-14(2,3)13(15)11-7-10-12-8-5-4-6-9-12/h4-9,11H,10H2,1-3H3/b11-7+. The van der Waals surface area contributed by atoms with Crippen LogP contribution in [0.25, 0.3) is 0 Å². The third-order valence-corrected chi connectivity index (χ3v) is 2.20. The summed E-state index contributed by atoms with van der Waals surface area (Å²) in [5.74, 6) is 0.179. The summed E-state index contributed by atoms with van der Waals surface area (Å²) in [6, 6.07) is 10.1. The number of allylic oxidation sites excluding steroid dienone is 2. The Morgan fingerprint density at radius 2 is 1.80 bits per heavy atom. The van der Waals surface area contributed by atoms with Crippen molar-refractivity contribution >= 4 is 5.78 Å². The molecule has 1 nitrogen and oxygen atoms in total. The summed E-state index contributed by atoms with van der Waals surface area (Å²) >= 11 is 0. The molecule has 1 aromatic carbocycles. The zero-order valence-corrected chi connectivity index (χ0v) is 9.66. The zero-order valence-electron chi connectivity index (χ0n) is 9.66. The molecule has 0 unspecified atom stereocenters. The first-order chi connectivity index (χ1) is 7.00. The second kappa shape index (κ2) is 4.92. The summed E-state index contributed by atoms with van der Waals surface area (Å²) < 4.78 is 0. The molecular formula is C14H18O. The monoisotopic (exact) mass is 202 g/mol. The average Bonchev–Trinajstić information content (AvgIpc) is 2.18. The highest BCUT2D eigenvalue weighted by Gasteiger charge is 2.17. The molecule has 0 heterocycles. The van der Waals surface area contributed by atoms with Crippen molar-refractivity contribution in [3.8, 4) is 0 Å². The molecule has 0 aliphatic rings. The fourth-order valence-corrected chi connectivity index (χ4v) is 1.17. The maximum atomic E-state index is 11.6. The summed E-state index contributed by atoms with van der Waals surface area (Å²) in [5.41, 5.74) is 0.961. The number of ketones is 1. The van der Waals surface area contributed by atoms with E-state index in [4.69, 9.17) is 0 Å². The van der Waals surface area contributed by atoms with Crippen LogP contribution in [0.3, 0.4) is 0 Å². The summed E-state index contributed by atoms with van der Waals surface area (Å²) in [6.07, 6.45) is 4.44. The van der Waals surface area contributed by atoms with Crippen molar-refractivity contribution in [3.05, 3.63) is 48.0 Å². The first kappa shape index (κ1) is 11.7. The van der Waals surface area contributed by atoms with Gasteiger partial charge in [0.25, 0.3) is 0 Å². The van der Waals surface area contributed by atoms with Crippen LogP contribution in [0.2, 0.25) is 0 Å². The molecule has 1 heteroatoms. The van der Waals surface area contributed by atoms with E-state index in [2.05, 4.69) is 12.1 Å². The van der Waals surface area contributed by atoms with Crippen molar-refractivity contribution in [2.24, 2.45) is 5.41 Å². The zero-order chi connectivity index (χ0) is 11.3. The largest absolute Gasteiger partial charge is 0.294 e. The fourth-order valence-electron chi connectivity index (χ4n) is 1.17. The van der Waals surface area contributed by atoms with Crippen LogP contribution in [0, 0.1) is 5.41 Å². The Kier molecular flexibility index (Phi) is 3.84. The molecular weight excluding hydrogens is 184 g/mol. The van der Waals surface area contributed by atoms with Gasteiger partial charge >= 0.3 is 0 Å². The van der Waals surface area contributed by atoms with Gasteiger partial charge in [-0.05, 0) is 18.1 Å². The molecule has 0 saturated carbocycles. The molecule has 0 radical (unpaired) electrons. The maximum Gasteiger partial charge on any atom is 0.160 e. The highest BCUT2D eigenvalue weighted by Crippen LogP contribution is 2.15. The van der Waals surface area contributed by atoms with Crippen molar-refractivity contribution in [1.29, 1.82) is 0 Å². The van der Waals surface area contributed by atoms with E-state index in [0.717, 1.165) is 6.42 Å². The molecule has 0 fully saturated rings. The first-order valence-corrected chi connectivity index (χ1v) is 5.25. The summed E-state index contributed by atoms with van der Waals surface area (Å²) in [6.45, 7) is 5.80. The molecule has 80 valence electrons. The smallest absolute Gasteiger partial charge is 0.160 e. The number of hydrogen-bond donors (Lipinski definition) is 0. The van der Waals surface area contributed by atoms with E-state index in [0.29, 0.717) is 0 Å². The van der Waals surface area contributed by atoms with Gasteiger partial charge in [0.15, 0.2) is 5.78 Å². The molecule has 0 N–H and O–H groups in total. The van der Waals surface area contributed by atoms with Gasteiger partial charge in [0, 0.05) is 5.41 Å². The lowest BCUT2D eigenvalue weighted by molar-refractivity contribution is -0.121. The fraction of sp³-hybridized carbons (Fsp3) is 0.357. The Hall–Kier alpha value is -1.37. The topological polar surface area (TPSA) is 17.1 Å². The summed E-state index contributed by atoms with van der Waals surface area (Å²) in [7, 11) is 0. The molecule has 0 amide bonds. The lowest BCUT2D eigenvalue weighted by Crippen LogP contribution is -2.17. The summed E-state index contributed by atoms with van der Waals surface area (Å²) in [5, 5.41) is 0. The molecule has 0 saturated heterocycles. The predicted octanol–water partition coefficient (Wildman–Crippen LogP) is 3.40. The van der Waals surface area contributed by atoms with Crippen LogP contribution in [-0.4, -0.2) is 5.78 Å². The second-order valence-corrected chi connectivity index (χ2v) is 4.71. The van der Waals surface area contributed by atoms with Crippen molar-refractivity contribution < 1.29 is 4.79 Å². The van der Waals surface area contributed by atoms with E-state index >= 15 is 0 Å². The van der Waals surface area contributed by atoms with E-state index in [9.17, 15) is 4.79 Å². The molecule has 0 bridgehead atoms. The molecule has 0 spiro atoms. The minimum absolute atomic E-state index is 0.179. The number of benzene rings is 1. The van der Waals surface area contributed by atoms with E-state index in [-0.39, 0.29) is 11.2 Å². The lowest BCUT2D eigenvalue weighted by Gasteiger charge is -2.12. The number of carbonyl (C=O) groups excluding carboxylic acids is 1. The maximum absolute atomic E-state index is 11.6. The van der Waals surface area contributed by atoms with Crippen LogP contribution in [-0.2, 0) is 11.2 Å². The van der Waals surface area contributed by atoms with Gasteiger partial charge in [-0.3, -0.25) is 4.79 Å². The van der Waals surface area contributed by atoms with Crippen molar-refractivity contribution in [2.45, 2.75) is 27.2 Å². The van der Waals surface area contributed by atoms with Crippen LogP contribution < -0.4 is 0 Å². The Bertz CT molecular complexity index is 341. The lowest BCUT2D eigenvalue weighted by atomic mass is 9.90. The Morgan fingerprint density at radius 3 is 2.33 bits per heavy atom. The van der Waals surface area contributed by atoms with E-state index in [1.165, 1.54) is 5.56 Å². The normalized spacial score (nSPS) is 11.9. The molecule has 1 aromatic rings. The van der Waals surface area contributed by atoms with Gasteiger partial charge in [-0.15, -0.1) is 0 Å². The van der Waals surface area contributed by atoms with Crippen molar-refractivity contribution in [2.75, 3.05) is 0 Å². The van der Waals surface area contributed by atoms with Crippen molar-refractivity contribution in [1.82, 2.24) is 0 Å². The van der Waals surface area contributed by atoms with E-state index < -0.39 is 0 Å². The quantitative estimate of drug-likeness (QED) is 0.686. The van der Waals surface area contributed by atoms with Crippen LogP contribution >= 0.6 is 0 Å². The number of hydrogen-bond acceptors (Lipinski definition) is 1. The van der Waals surface area contributed by atoms with Gasteiger partial charge in [0.2, 0.25) is 0 Å². The predicted molar refractivity (Wildman–Crippen MR) is 63.7 cm³/mol. The Labute approximate surface area is 91.8 Å². The minimum atomic E-state index is -0.271.